The SMILES string of the molecule is CC(C)CCCCCCCCCCCCCCCC(=O)OC[C@H](COP(=O)(O)OC[C@@H](O)COP(=O)(O)OC[C@@H](COC(=O)CCCCCCCCC(C)C)OC(=O)CCCCCCCCCCCCC(C)C)OC(=O)CCCCCCCCCCCCCCC(C)C. The Morgan fingerprint density at radius 2 is 0.452 bits per heavy atom. The minimum Gasteiger partial charge on any atom is -0.462 e. The van der Waals surface area contributed by atoms with E-state index in [2.05, 4.69) is 55.4 Å². The van der Waals surface area contributed by atoms with E-state index in [0.717, 1.165) is 114 Å². The topological polar surface area (TPSA) is 237 Å². The van der Waals surface area contributed by atoms with Gasteiger partial charge in [-0.2, -0.15) is 0 Å². The van der Waals surface area contributed by atoms with Crippen LogP contribution >= 0.6 is 15.6 Å². The first-order chi connectivity index (χ1) is 44.6. The maximum atomic E-state index is 13.1. The molecular weight excluding hydrogens is 1220 g/mol. The van der Waals surface area contributed by atoms with Crippen molar-refractivity contribution in [3.05, 3.63) is 0 Å². The summed E-state index contributed by atoms with van der Waals surface area (Å²) in [4.78, 5) is 72.7. The Balaban J connectivity index is 5.25. The van der Waals surface area contributed by atoms with E-state index in [-0.39, 0.29) is 25.7 Å². The van der Waals surface area contributed by atoms with Crippen LogP contribution in [0.4, 0.5) is 0 Å². The lowest BCUT2D eigenvalue weighted by atomic mass is 10.0. The predicted molar refractivity (Wildman–Crippen MR) is 377 cm³/mol. The molecule has 17 nitrogen and oxygen atoms in total. The number of carbonyl (C=O) groups excluding carboxylic acids is 4. The number of ether oxygens (including phenoxy) is 4. The van der Waals surface area contributed by atoms with Crippen LogP contribution in [0.15, 0.2) is 0 Å². The third-order valence-electron chi connectivity index (χ3n) is 17.1. The summed E-state index contributed by atoms with van der Waals surface area (Å²) < 4.78 is 68.4. The molecule has 5 atom stereocenters. The van der Waals surface area contributed by atoms with Crippen LogP contribution in [0.1, 0.15) is 370 Å². The van der Waals surface area contributed by atoms with Crippen molar-refractivity contribution < 1.29 is 80.2 Å². The van der Waals surface area contributed by atoms with E-state index in [0.29, 0.717) is 31.6 Å². The van der Waals surface area contributed by atoms with Crippen LogP contribution in [0.25, 0.3) is 0 Å². The van der Waals surface area contributed by atoms with E-state index in [1.165, 1.54) is 167 Å². The number of phosphoric ester groups is 2. The molecule has 0 aromatic heterocycles. The van der Waals surface area contributed by atoms with E-state index < -0.39 is 97.5 Å². The van der Waals surface area contributed by atoms with Gasteiger partial charge in [0.05, 0.1) is 26.4 Å². The fourth-order valence-corrected chi connectivity index (χ4v) is 12.8. The maximum absolute atomic E-state index is 13.1. The maximum Gasteiger partial charge on any atom is 0.472 e. The zero-order valence-electron chi connectivity index (χ0n) is 60.9. The number of phosphoric acid groups is 2. The molecule has 0 aromatic carbocycles. The second-order valence-corrected chi connectivity index (χ2v) is 31.5. The molecule has 0 radical (unpaired) electrons. The number of carbonyl (C=O) groups is 4. The molecule has 0 fully saturated rings. The van der Waals surface area contributed by atoms with Crippen LogP contribution in [-0.4, -0.2) is 96.7 Å². The summed E-state index contributed by atoms with van der Waals surface area (Å²) in [6, 6.07) is 0. The smallest absolute Gasteiger partial charge is 0.462 e. The summed E-state index contributed by atoms with van der Waals surface area (Å²) >= 11 is 0. The standard InChI is InChI=1S/C74H144O17P2/c1-64(2)50-42-34-26-20-14-10-9-11-16-23-29-38-46-54-71(76)84-60-69(90-73(78)56-48-40-30-24-17-13-12-15-21-27-35-43-51-65(3)4)62-88-92(80,81)86-58-68(75)59-87-93(82,83)89-63-70(61-85-72(77)55-47-39-33-32-37-45-53-67(7)8)91-74(79)57-49-41-31-25-19-18-22-28-36-44-52-66(5)6/h64-70,75H,9-63H2,1-8H3,(H,80,81)(H,82,83)/t68-,69-,70-/m1/s1. The summed E-state index contributed by atoms with van der Waals surface area (Å²) in [5.74, 6) is 0.874. The van der Waals surface area contributed by atoms with E-state index >= 15 is 0 Å². The minimum absolute atomic E-state index is 0.104. The van der Waals surface area contributed by atoms with Crippen molar-refractivity contribution in [2.24, 2.45) is 23.7 Å². The summed E-state index contributed by atoms with van der Waals surface area (Å²) in [7, 11) is -9.91. The fourth-order valence-electron chi connectivity index (χ4n) is 11.2. The summed E-state index contributed by atoms with van der Waals surface area (Å²) in [5, 5.41) is 10.6. The van der Waals surface area contributed by atoms with E-state index in [1.807, 2.05) is 0 Å². The Labute approximate surface area is 568 Å². The highest BCUT2D eigenvalue weighted by Crippen LogP contribution is 2.45. The molecule has 0 aliphatic carbocycles. The molecular formula is C74H144O17P2. The van der Waals surface area contributed by atoms with Gasteiger partial charge in [0.2, 0.25) is 0 Å². The number of unbranched alkanes of at least 4 members (excludes halogenated alkanes) is 37. The molecule has 0 aliphatic heterocycles. The van der Waals surface area contributed by atoms with Crippen molar-refractivity contribution >= 4 is 39.5 Å². The molecule has 0 amide bonds. The third kappa shape index (κ3) is 68.4. The Bertz CT molecular complexity index is 1830. The van der Waals surface area contributed by atoms with Crippen LogP contribution in [0.2, 0.25) is 0 Å². The van der Waals surface area contributed by atoms with Gasteiger partial charge in [0.1, 0.15) is 19.3 Å². The van der Waals surface area contributed by atoms with Gasteiger partial charge in [0.15, 0.2) is 12.2 Å². The van der Waals surface area contributed by atoms with Crippen LogP contribution in [0, 0.1) is 23.7 Å². The molecule has 2 unspecified atom stereocenters. The average Bonchev–Trinajstić information content (AvgIpc) is 2.51. The molecule has 0 aromatic rings. The van der Waals surface area contributed by atoms with Gasteiger partial charge in [0, 0.05) is 25.7 Å². The van der Waals surface area contributed by atoms with Gasteiger partial charge < -0.3 is 33.8 Å². The Hall–Kier alpha value is -1.94. The van der Waals surface area contributed by atoms with E-state index in [9.17, 15) is 43.2 Å². The second-order valence-electron chi connectivity index (χ2n) is 28.6. The quantitative estimate of drug-likeness (QED) is 0.0222. The molecule has 0 rings (SSSR count). The van der Waals surface area contributed by atoms with Crippen molar-refractivity contribution in [3.63, 3.8) is 0 Å². The highest BCUT2D eigenvalue weighted by Gasteiger charge is 2.30. The largest absolute Gasteiger partial charge is 0.472 e. The minimum atomic E-state index is -4.96. The lowest BCUT2D eigenvalue weighted by Gasteiger charge is -2.21. The first kappa shape index (κ1) is 91.1. The lowest BCUT2D eigenvalue weighted by Crippen LogP contribution is -2.30. The van der Waals surface area contributed by atoms with Crippen LogP contribution in [0.5, 0.6) is 0 Å². The summed E-state index contributed by atoms with van der Waals surface area (Å²) in [6.07, 6.45) is 47.3. The molecule has 0 saturated carbocycles. The fraction of sp³-hybridized carbons (Fsp3) is 0.946. The number of esters is 4. The van der Waals surface area contributed by atoms with Crippen molar-refractivity contribution in [1.29, 1.82) is 0 Å². The summed E-state index contributed by atoms with van der Waals surface area (Å²) in [5.41, 5.74) is 0. The predicted octanol–water partition coefficient (Wildman–Crippen LogP) is 21.3. The highest BCUT2D eigenvalue weighted by molar-refractivity contribution is 7.47. The highest BCUT2D eigenvalue weighted by atomic mass is 31.2. The lowest BCUT2D eigenvalue weighted by molar-refractivity contribution is -0.161. The zero-order chi connectivity index (χ0) is 68.9. The number of hydrogen-bond donors (Lipinski definition) is 3. The molecule has 3 N–H and O–H groups in total. The normalized spacial score (nSPS) is 14.2. The Morgan fingerprint density at radius 1 is 0.269 bits per heavy atom. The van der Waals surface area contributed by atoms with Gasteiger partial charge >= 0.3 is 39.5 Å². The molecule has 0 bridgehead atoms. The van der Waals surface area contributed by atoms with E-state index in [4.69, 9.17) is 37.0 Å². The molecule has 19 heteroatoms. The molecule has 0 aliphatic rings. The number of aliphatic hydroxyl groups is 1. The van der Waals surface area contributed by atoms with Crippen molar-refractivity contribution in [3.8, 4) is 0 Å². The van der Waals surface area contributed by atoms with Crippen LogP contribution in [-0.2, 0) is 65.4 Å². The number of hydrogen-bond acceptors (Lipinski definition) is 15. The van der Waals surface area contributed by atoms with E-state index in [1.54, 1.807) is 0 Å². The van der Waals surface area contributed by atoms with Crippen LogP contribution < -0.4 is 0 Å². The molecule has 93 heavy (non-hydrogen) atoms. The van der Waals surface area contributed by atoms with Gasteiger partial charge in [-0.25, -0.2) is 9.13 Å². The van der Waals surface area contributed by atoms with Gasteiger partial charge in [-0.3, -0.25) is 37.3 Å². The third-order valence-corrected chi connectivity index (χ3v) is 19.0. The van der Waals surface area contributed by atoms with Crippen LogP contribution in [0.3, 0.4) is 0 Å². The van der Waals surface area contributed by atoms with Crippen molar-refractivity contribution in [2.75, 3.05) is 39.6 Å². The molecule has 552 valence electrons. The van der Waals surface area contributed by atoms with Gasteiger partial charge in [-0.15, -0.1) is 0 Å². The van der Waals surface area contributed by atoms with Gasteiger partial charge in [-0.05, 0) is 49.4 Å². The van der Waals surface area contributed by atoms with Gasteiger partial charge in [0.25, 0.3) is 0 Å². The van der Waals surface area contributed by atoms with Crippen molar-refractivity contribution in [2.45, 2.75) is 388 Å². The molecule has 0 saturated heterocycles. The number of rotatable bonds is 71. The van der Waals surface area contributed by atoms with Crippen molar-refractivity contribution in [1.82, 2.24) is 0 Å². The monoisotopic (exact) mass is 1370 g/mol. The first-order valence-electron chi connectivity index (χ1n) is 38.2. The average molecular weight is 1370 g/mol. The van der Waals surface area contributed by atoms with Gasteiger partial charge in [-0.1, -0.05) is 319 Å². The second kappa shape index (κ2) is 63.5. The molecule has 0 heterocycles. The number of aliphatic hydroxyl groups excluding tert-OH is 1. The summed E-state index contributed by atoms with van der Waals surface area (Å²) in [6.45, 7) is 14.1. The zero-order valence-corrected chi connectivity index (χ0v) is 62.7. The Morgan fingerprint density at radius 3 is 0.667 bits per heavy atom. The molecule has 0 spiro atoms. The first-order valence-corrected chi connectivity index (χ1v) is 41.2. The Kier molecular flexibility index (Phi) is 62.2.